The number of nitrogens with one attached hydrogen (secondary N) is 2. The Hall–Kier alpha value is -4.18. The second-order valence-corrected chi connectivity index (χ2v) is 6.65. The van der Waals surface area contributed by atoms with Crippen LogP contribution in [0.15, 0.2) is 53.2 Å². The van der Waals surface area contributed by atoms with Gasteiger partial charge in [0.25, 0.3) is 5.91 Å². The molecule has 0 radical (unpaired) electrons. The standard InChI is InChI=1S/C23H16FN3O3/c1-3-10-25-23(29)15-6-9-17-18(12-26-19(17)11-15)22(28)20-13(2)30-27-21(20)14-4-7-16(24)8-5-14/h1,4-9,11-12,26H,10H2,2H3,(H,25,29). The minimum atomic E-state index is -0.384. The number of halogens is 1. The average molecular weight is 401 g/mol. The van der Waals surface area contributed by atoms with Gasteiger partial charge in [-0.15, -0.1) is 6.42 Å². The largest absolute Gasteiger partial charge is 0.360 e. The normalized spacial score (nSPS) is 10.7. The number of fused-ring (bicyclic) bond motifs is 1. The summed E-state index contributed by atoms with van der Waals surface area (Å²) >= 11 is 0. The summed E-state index contributed by atoms with van der Waals surface area (Å²) in [6.45, 7) is 1.78. The second kappa shape index (κ2) is 7.68. The van der Waals surface area contributed by atoms with Crippen molar-refractivity contribution in [2.75, 3.05) is 6.54 Å². The first-order chi connectivity index (χ1) is 14.5. The molecule has 0 aliphatic carbocycles. The van der Waals surface area contributed by atoms with E-state index in [0.717, 1.165) is 0 Å². The van der Waals surface area contributed by atoms with Gasteiger partial charge >= 0.3 is 0 Å². The van der Waals surface area contributed by atoms with E-state index in [9.17, 15) is 14.0 Å². The summed E-state index contributed by atoms with van der Waals surface area (Å²) in [5.74, 6) is 1.74. The van der Waals surface area contributed by atoms with Gasteiger partial charge in [-0.05, 0) is 43.3 Å². The Morgan fingerprint density at radius 2 is 2.00 bits per heavy atom. The first kappa shape index (κ1) is 19.2. The van der Waals surface area contributed by atoms with Gasteiger partial charge in [-0.25, -0.2) is 4.39 Å². The SMILES string of the molecule is C#CCNC(=O)c1ccc2c(C(=O)c3c(-c4ccc(F)cc4)noc3C)c[nH]c2c1. The van der Waals surface area contributed by atoms with Crippen LogP contribution in [0.25, 0.3) is 22.2 Å². The summed E-state index contributed by atoms with van der Waals surface area (Å²) in [6.07, 6.45) is 6.74. The lowest BCUT2D eigenvalue weighted by Gasteiger charge is -2.04. The molecule has 0 fully saturated rings. The number of aromatic amines is 1. The van der Waals surface area contributed by atoms with E-state index in [-0.39, 0.29) is 24.1 Å². The van der Waals surface area contributed by atoms with Gasteiger partial charge in [0, 0.05) is 33.8 Å². The Kier molecular flexibility index (Phi) is 4.90. The molecule has 0 aliphatic heterocycles. The zero-order valence-electron chi connectivity index (χ0n) is 16.0. The van der Waals surface area contributed by atoms with Crippen LogP contribution in [-0.2, 0) is 0 Å². The average Bonchev–Trinajstić information content (AvgIpc) is 3.35. The molecule has 4 aromatic rings. The second-order valence-electron chi connectivity index (χ2n) is 6.65. The van der Waals surface area contributed by atoms with Gasteiger partial charge in [0.15, 0.2) is 0 Å². The third kappa shape index (κ3) is 3.35. The summed E-state index contributed by atoms with van der Waals surface area (Å²) in [5, 5.41) is 7.25. The molecule has 0 aliphatic rings. The highest BCUT2D eigenvalue weighted by molar-refractivity contribution is 6.19. The molecule has 0 spiro atoms. The lowest BCUT2D eigenvalue weighted by atomic mass is 9.97. The van der Waals surface area contributed by atoms with E-state index in [1.165, 1.54) is 12.1 Å². The molecule has 2 N–H and O–H groups in total. The van der Waals surface area contributed by atoms with E-state index in [2.05, 4.69) is 21.4 Å². The van der Waals surface area contributed by atoms with Crippen LogP contribution >= 0.6 is 0 Å². The number of nitrogens with zero attached hydrogens (tertiary/aromatic N) is 1. The Morgan fingerprint density at radius 1 is 1.23 bits per heavy atom. The van der Waals surface area contributed by atoms with Crippen LogP contribution in [0, 0.1) is 25.1 Å². The molecule has 148 valence electrons. The number of rotatable bonds is 5. The Labute approximate surface area is 171 Å². The number of ketones is 1. The molecule has 0 bridgehead atoms. The van der Waals surface area contributed by atoms with Gasteiger partial charge in [0.2, 0.25) is 5.78 Å². The highest BCUT2D eigenvalue weighted by Gasteiger charge is 2.25. The van der Waals surface area contributed by atoms with E-state index in [1.807, 2.05) is 0 Å². The third-order valence-electron chi connectivity index (χ3n) is 4.75. The number of carbonyl (C=O) groups is 2. The van der Waals surface area contributed by atoms with Crippen molar-refractivity contribution in [3.63, 3.8) is 0 Å². The fourth-order valence-electron chi connectivity index (χ4n) is 3.27. The van der Waals surface area contributed by atoms with Gasteiger partial charge in [0.05, 0.1) is 12.1 Å². The number of benzene rings is 2. The summed E-state index contributed by atoms with van der Waals surface area (Å²) in [6, 6.07) is 10.7. The lowest BCUT2D eigenvalue weighted by molar-refractivity contribution is 0.0958. The molecule has 2 aromatic carbocycles. The highest BCUT2D eigenvalue weighted by atomic mass is 19.1. The van der Waals surface area contributed by atoms with E-state index in [4.69, 9.17) is 10.9 Å². The molecule has 2 heterocycles. The fraction of sp³-hybridized carbons (Fsp3) is 0.0870. The molecule has 0 saturated heterocycles. The fourth-order valence-corrected chi connectivity index (χ4v) is 3.27. The molecule has 0 atom stereocenters. The van der Waals surface area contributed by atoms with Crippen molar-refractivity contribution in [3.05, 3.63) is 76.9 Å². The molecule has 7 heteroatoms. The maximum atomic E-state index is 13.3. The summed E-state index contributed by atoms with van der Waals surface area (Å²) < 4.78 is 18.5. The molecular formula is C23H16FN3O3. The zero-order valence-corrected chi connectivity index (χ0v) is 16.0. The number of H-pyrrole nitrogens is 1. The molecule has 1 amide bonds. The minimum Gasteiger partial charge on any atom is -0.360 e. The predicted molar refractivity (Wildman–Crippen MR) is 110 cm³/mol. The van der Waals surface area contributed by atoms with E-state index < -0.39 is 0 Å². The number of aromatic nitrogens is 2. The van der Waals surface area contributed by atoms with Crippen LogP contribution < -0.4 is 5.32 Å². The van der Waals surface area contributed by atoms with Crippen LogP contribution in [-0.4, -0.2) is 28.4 Å². The summed E-state index contributed by atoms with van der Waals surface area (Å²) in [5.41, 5.74) is 2.69. The Bertz CT molecular complexity index is 1310. The number of carbonyl (C=O) groups excluding carboxylic acids is 2. The zero-order chi connectivity index (χ0) is 21.3. The van der Waals surface area contributed by atoms with Crippen molar-refractivity contribution in [1.82, 2.24) is 15.5 Å². The van der Waals surface area contributed by atoms with Crippen molar-refractivity contribution >= 4 is 22.6 Å². The predicted octanol–water partition coefficient (Wildman–Crippen LogP) is 3.86. The topological polar surface area (TPSA) is 88.0 Å². The molecule has 30 heavy (non-hydrogen) atoms. The van der Waals surface area contributed by atoms with Gasteiger partial charge < -0.3 is 14.8 Å². The van der Waals surface area contributed by atoms with Crippen molar-refractivity contribution in [2.24, 2.45) is 0 Å². The van der Waals surface area contributed by atoms with E-state index >= 15 is 0 Å². The lowest BCUT2D eigenvalue weighted by Crippen LogP contribution is -2.23. The first-order valence-electron chi connectivity index (χ1n) is 9.09. The summed E-state index contributed by atoms with van der Waals surface area (Å²) in [7, 11) is 0. The van der Waals surface area contributed by atoms with Crippen molar-refractivity contribution < 1.29 is 18.5 Å². The molecular weight excluding hydrogens is 385 g/mol. The van der Waals surface area contributed by atoms with E-state index in [0.29, 0.717) is 44.6 Å². The quantitative estimate of drug-likeness (QED) is 0.393. The maximum Gasteiger partial charge on any atom is 0.252 e. The first-order valence-corrected chi connectivity index (χ1v) is 9.09. The molecule has 0 saturated carbocycles. The maximum absolute atomic E-state index is 13.3. The smallest absolute Gasteiger partial charge is 0.252 e. The third-order valence-corrected chi connectivity index (χ3v) is 4.75. The number of hydrogen-bond acceptors (Lipinski definition) is 4. The van der Waals surface area contributed by atoms with Crippen LogP contribution in [0.3, 0.4) is 0 Å². The van der Waals surface area contributed by atoms with Gasteiger partial charge in [-0.2, -0.15) is 0 Å². The van der Waals surface area contributed by atoms with Crippen molar-refractivity contribution in [1.29, 1.82) is 0 Å². The van der Waals surface area contributed by atoms with Gasteiger partial charge in [0.1, 0.15) is 17.3 Å². The molecule has 4 rings (SSSR count). The van der Waals surface area contributed by atoms with Gasteiger partial charge in [-0.3, -0.25) is 9.59 Å². The summed E-state index contributed by atoms with van der Waals surface area (Å²) in [4.78, 5) is 28.5. The van der Waals surface area contributed by atoms with E-state index in [1.54, 1.807) is 43.5 Å². The molecule has 2 aromatic heterocycles. The van der Waals surface area contributed by atoms with Crippen molar-refractivity contribution in [3.8, 4) is 23.6 Å². The van der Waals surface area contributed by atoms with Gasteiger partial charge in [-0.1, -0.05) is 17.1 Å². The molecule has 6 nitrogen and oxygen atoms in total. The highest BCUT2D eigenvalue weighted by Crippen LogP contribution is 2.30. The monoisotopic (exact) mass is 401 g/mol. The number of terminal acetylenes is 1. The number of aryl methyl sites for hydroxylation is 1. The number of hydrogen-bond donors (Lipinski definition) is 2. The van der Waals surface area contributed by atoms with Crippen LogP contribution in [0.1, 0.15) is 32.0 Å². The minimum absolute atomic E-state index is 0.129. The van der Waals surface area contributed by atoms with Crippen LogP contribution in [0.2, 0.25) is 0 Å². The number of amides is 1. The van der Waals surface area contributed by atoms with Crippen LogP contribution in [0.4, 0.5) is 4.39 Å². The van der Waals surface area contributed by atoms with Crippen molar-refractivity contribution in [2.45, 2.75) is 6.92 Å². The molecule has 0 unspecified atom stereocenters. The van der Waals surface area contributed by atoms with Crippen LogP contribution in [0.5, 0.6) is 0 Å². The Balaban J connectivity index is 1.73. The Morgan fingerprint density at radius 3 is 2.73 bits per heavy atom.